The molecule has 0 unspecified atom stereocenters. The third-order valence-electron chi connectivity index (χ3n) is 5.26. The Balaban J connectivity index is 1.38. The lowest BCUT2D eigenvalue weighted by Crippen LogP contribution is -2.13. The molecule has 164 valence electrons. The van der Waals surface area contributed by atoms with Gasteiger partial charge in [-0.05, 0) is 54.1 Å². The highest BCUT2D eigenvalue weighted by Crippen LogP contribution is 2.25. The Morgan fingerprint density at radius 1 is 0.848 bits per heavy atom. The highest BCUT2D eigenvalue weighted by atomic mass is 32.2. The van der Waals surface area contributed by atoms with Crippen LogP contribution >= 0.6 is 0 Å². The fraction of sp³-hybridized carbons (Fsp3) is 0.0400. The van der Waals surface area contributed by atoms with E-state index in [-0.39, 0.29) is 10.7 Å². The maximum atomic E-state index is 13.2. The number of pyridine rings is 1. The summed E-state index contributed by atoms with van der Waals surface area (Å²) >= 11 is 0. The Morgan fingerprint density at radius 3 is 2.39 bits per heavy atom. The zero-order chi connectivity index (χ0) is 22.8. The van der Waals surface area contributed by atoms with E-state index in [1.54, 1.807) is 48.8 Å². The number of imidazole rings is 1. The van der Waals surface area contributed by atoms with E-state index in [1.807, 2.05) is 35.0 Å². The van der Waals surface area contributed by atoms with Gasteiger partial charge in [0.15, 0.2) is 0 Å². The molecule has 2 aromatic heterocycles. The molecule has 5 aromatic rings. The summed E-state index contributed by atoms with van der Waals surface area (Å²) in [7, 11) is -3.82. The van der Waals surface area contributed by atoms with Crippen LogP contribution in [0.1, 0.15) is 5.56 Å². The van der Waals surface area contributed by atoms with E-state index < -0.39 is 10.0 Å². The number of hydrogen-bond acceptors (Lipinski definition) is 4. The van der Waals surface area contributed by atoms with Crippen molar-refractivity contribution in [3.05, 3.63) is 109 Å². The number of nitrogens with one attached hydrogen (secondary N) is 1. The first-order chi connectivity index (χ1) is 16.0. The van der Waals surface area contributed by atoms with E-state index in [4.69, 9.17) is 0 Å². The SMILES string of the molecule is O=S(=O)(Nc1ccc(-c2nccn2Cc2ccc(F)cc2)cc1)c1cccc2cccnc12. The Hall–Kier alpha value is -4.04. The number of fused-ring (bicyclic) bond motifs is 1. The summed E-state index contributed by atoms with van der Waals surface area (Å²) in [6.07, 6.45) is 5.12. The minimum atomic E-state index is -3.82. The van der Waals surface area contributed by atoms with Crippen LogP contribution < -0.4 is 4.72 Å². The first-order valence-corrected chi connectivity index (χ1v) is 11.7. The highest BCUT2D eigenvalue weighted by Gasteiger charge is 2.18. The smallest absolute Gasteiger partial charge is 0.264 e. The van der Waals surface area contributed by atoms with Crippen LogP contribution in [0.5, 0.6) is 0 Å². The topological polar surface area (TPSA) is 76.9 Å². The first-order valence-electron chi connectivity index (χ1n) is 10.2. The lowest BCUT2D eigenvalue weighted by atomic mass is 10.2. The van der Waals surface area contributed by atoms with E-state index in [2.05, 4.69) is 14.7 Å². The van der Waals surface area contributed by atoms with Gasteiger partial charge in [0.25, 0.3) is 10.0 Å². The van der Waals surface area contributed by atoms with Crippen LogP contribution in [0.2, 0.25) is 0 Å². The van der Waals surface area contributed by atoms with Gasteiger partial charge in [0, 0.05) is 41.8 Å². The molecule has 0 aliphatic rings. The first kappa shape index (κ1) is 20.8. The largest absolute Gasteiger partial charge is 0.327 e. The summed E-state index contributed by atoms with van der Waals surface area (Å²) in [6, 6.07) is 22.0. The Labute approximate surface area is 190 Å². The molecule has 5 rings (SSSR count). The van der Waals surface area contributed by atoms with Gasteiger partial charge in [-0.25, -0.2) is 17.8 Å². The van der Waals surface area contributed by atoms with Crippen molar-refractivity contribution in [3.63, 3.8) is 0 Å². The lowest BCUT2D eigenvalue weighted by Gasteiger charge is -2.11. The van der Waals surface area contributed by atoms with Gasteiger partial charge < -0.3 is 4.57 Å². The molecule has 8 heteroatoms. The highest BCUT2D eigenvalue weighted by molar-refractivity contribution is 7.93. The maximum absolute atomic E-state index is 13.2. The summed E-state index contributed by atoms with van der Waals surface area (Å²) in [5.74, 6) is 0.453. The number of rotatable bonds is 6. The van der Waals surface area contributed by atoms with E-state index in [1.165, 1.54) is 18.2 Å². The molecule has 0 aliphatic heterocycles. The van der Waals surface area contributed by atoms with Crippen LogP contribution in [-0.4, -0.2) is 23.0 Å². The second-order valence-electron chi connectivity index (χ2n) is 7.52. The van der Waals surface area contributed by atoms with Gasteiger partial charge in [0.05, 0.1) is 5.52 Å². The average Bonchev–Trinajstić information content (AvgIpc) is 3.28. The minimum Gasteiger partial charge on any atom is -0.327 e. The Bertz CT molecular complexity index is 1520. The van der Waals surface area contributed by atoms with Crippen LogP contribution in [-0.2, 0) is 16.6 Å². The van der Waals surface area contributed by atoms with E-state index >= 15 is 0 Å². The van der Waals surface area contributed by atoms with Gasteiger partial charge in [-0.1, -0.05) is 30.3 Å². The van der Waals surface area contributed by atoms with Gasteiger partial charge in [-0.3, -0.25) is 9.71 Å². The molecule has 0 atom stereocenters. The molecule has 33 heavy (non-hydrogen) atoms. The molecule has 1 N–H and O–H groups in total. The number of para-hydroxylation sites is 1. The summed E-state index contributed by atoms with van der Waals surface area (Å²) in [5, 5.41) is 0.753. The number of aromatic nitrogens is 3. The molecule has 0 fully saturated rings. The predicted molar refractivity (Wildman–Crippen MR) is 126 cm³/mol. The van der Waals surface area contributed by atoms with Gasteiger partial charge in [-0.15, -0.1) is 0 Å². The number of hydrogen-bond donors (Lipinski definition) is 1. The second kappa shape index (κ2) is 8.48. The number of nitrogens with zero attached hydrogens (tertiary/aromatic N) is 3. The molecule has 2 heterocycles. The normalized spacial score (nSPS) is 11.5. The Morgan fingerprint density at radius 2 is 1.61 bits per heavy atom. The number of halogens is 1. The second-order valence-corrected chi connectivity index (χ2v) is 9.17. The molecule has 0 bridgehead atoms. The monoisotopic (exact) mass is 458 g/mol. The Kier molecular flexibility index (Phi) is 5.35. The summed E-state index contributed by atoms with van der Waals surface area (Å²) in [4.78, 5) is 8.79. The molecular formula is C25H19FN4O2S. The van der Waals surface area contributed by atoms with Gasteiger partial charge in [-0.2, -0.15) is 0 Å². The summed E-state index contributed by atoms with van der Waals surface area (Å²) in [5.41, 5.74) is 2.64. The number of benzene rings is 3. The van der Waals surface area contributed by atoms with Crippen molar-refractivity contribution in [2.24, 2.45) is 0 Å². The fourth-order valence-electron chi connectivity index (χ4n) is 3.67. The lowest BCUT2D eigenvalue weighted by molar-refractivity contribution is 0.602. The van der Waals surface area contributed by atoms with Crippen LogP contribution in [0.3, 0.4) is 0 Å². The molecule has 0 aliphatic carbocycles. The summed E-state index contributed by atoms with van der Waals surface area (Å²) < 4.78 is 43.8. The van der Waals surface area contributed by atoms with Crippen LogP contribution in [0.25, 0.3) is 22.3 Å². The van der Waals surface area contributed by atoms with E-state index in [0.717, 1.165) is 22.3 Å². The molecule has 0 amide bonds. The molecule has 0 saturated heterocycles. The van der Waals surface area contributed by atoms with Crippen molar-refractivity contribution in [3.8, 4) is 11.4 Å². The number of sulfonamides is 1. The number of anilines is 1. The van der Waals surface area contributed by atoms with Gasteiger partial charge >= 0.3 is 0 Å². The standard InChI is InChI=1S/C25H19FN4O2S/c26-21-10-6-18(7-11-21)17-30-16-15-28-25(30)20-8-12-22(13-9-20)29-33(31,32)23-5-1-3-19-4-2-14-27-24(19)23/h1-16,29H,17H2. The molecular weight excluding hydrogens is 439 g/mol. The third-order valence-corrected chi connectivity index (χ3v) is 6.68. The van der Waals surface area contributed by atoms with Crippen LogP contribution in [0.15, 0.2) is 102 Å². The minimum absolute atomic E-state index is 0.125. The van der Waals surface area contributed by atoms with E-state index in [0.29, 0.717) is 17.7 Å². The van der Waals surface area contributed by atoms with Gasteiger partial charge in [0.1, 0.15) is 16.5 Å². The van der Waals surface area contributed by atoms with Crippen molar-refractivity contribution in [1.82, 2.24) is 14.5 Å². The van der Waals surface area contributed by atoms with Crippen molar-refractivity contribution in [1.29, 1.82) is 0 Å². The molecule has 0 radical (unpaired) electrons. The van der Waals surface area contributed by atoms with Crippen molar-refractivity contribution in [2.75, 3.05) is 4.72 Å². The third kappa shape index (κ3) is 4.33. The molecule has 0 saturated carbocycles. The van der Waals surface area contributed by atoms with E-state index in [9.17, 15) is 12.8 Å². The zero-order valence-corrected chi connectivity index (χ0v) is 18.2. The van der Waals surface area contributed by atoms with Crippen molar-refractivity contribution in [2.45, 2.75) is 11.4 Å². The molecule has 3 aromatic carbocycles. The maximum Gasteiger partial charge on any atom is 0.264 e. The molecule has 0 spiro atoms. The van der Waals surface area contributed by atoms with Crippen LogP contribution in [0.4, 0.5) is 10.1 Å². The fourth-order valence-corrected chi connectivity index (χ4v) is 4.91. The summed E-state index contributed by atoms with van der Waals surface area (Å²) in [6.45, 7) is 0.540. The zero-order valence-electron chi connectivity index (χ0n) is 17.4. The van der Waals surface area contributed by atoms with Gasteiger partial charge in [0.2, 0.25) is 0 Å². The average molecular weight is 459 g/mol. The van der Waals surface area contributed by atoms with Crippen molar-refractivity contribution >= 4 is 26.6 Å². The molecule has 6 nitrogen and oxygen atoms in total. The van der Waals surface area contributed by atoms with Crippen LogP contribution in [0, 0.1) is 5.82 Å². The van der Waals surface area contributed by atoms with Crippen molar-refractivity contribution < 1.29 is 12.8 Å². The quantitative estimate of drug-likeness (QED) is 0.385. The predicted octanol–water partition coefficient (Wildman–Crippen LogP) is 5.09.